The zero-order valence-electron chi connectivity index (χ0n) is 54.8. The summed E-state index contributed by atoms with van der Waals surface area (Å²) in [5.74, 6) is -7.88. The normalized spacial score (nSPS) is 26.2. The maximum atomic E-state index is 15.2. The lowest BCUT2D eigenvalue weighted by Crippen LogP contribution is -2.62. The summed E-state index contributed by atoms with van der Waals surface area (Å²) in [5.41, 5.74) is 0.373. The molecule has 0 bridgehead atoms. The Bertz CT molecular complexity index is 2270. The van der Waals surface area contributed by atoms with Crippen LogP contribution in [0.3, 0.4) is 0 Å². The van der Waals surface area contributed by atoms with Gasteiger partial charge in [-0.1, -0.05) is 116 Å². The predicted molar refractivity (Wildman–Crippen MR) is 324 cm³/mol. The zero-order chi connectivity index (χ0) is 64.4. The molecular formula is C61H109N11O11. The number of carbonyl (C=O) groups is 10. The lowest BCUT2D eigenvalue weighted by Gasteiger charge is -2.43. The number of nitrogens with zero attached hydrogens (tertiary/aromatic N) is 7. The minimum absolute atomic E-state index is 0.0153. The first kappa shape index (κ1) is 75.0. The van der Waals surface area contributed by atoms with Crippen LogP contribution in [0.4, 0.5) is 4.79 Å². The lowest BCUT2D eigenvalue weighted by molar-refractivity contribution is -0.150. The Balaban J connectivity index is 4.31. The van der Waals surface area contributed by atoms with Crippen LogP contribution in [0, 0.1) is 41.4 Å². The lowest BCUT2D eigenvalue weighted by atomic mass is 9.91. The molecule has 22 heteroatoms. The summed E-state index contributed by atoms with van der Waals surface area (Å²) in [4.78, 5) is 154. The van der Waals surface area contributed by atoms with Gasteiger partial charge in [0.05, 0.1) is 18.7 Å². The van der Waals surface area contributed by atoms with Gasteiger partial charge in [0, 0.05) is 55.0 Å². The van der Waals surface area contributed by atoms with Crippen LogP contribution in [-0.4, -0.2) is 215 Å². The van der Waals surface area contributed by atoms with Crippen LogP contribution < -0.4 is 21.3 Å². The Kier molecular flexibility index (Phi) is 30.7. The van der Waals surface area contributed by atoms with E-state index >= 15 is 4.79 Å². The molecule has 0 radical (unpaired) electrons. The predicted octanol–water partition coefficient (Wildman–Crippen LogP) is 4.46. The highest BCUT2D eigenvalue weighted by Crippen LogP contribution is 2.28. The Morgan fingerprint density at radius 2 is 1.00 bits per heavy atom. The number of allylic oxidation sites excluding steroid dienone is 2. The minimum atomic E-state index is -1.53. The first-order valence-corrected chi connectivity index (χ1v) is 29.8. The molecule has 22 nitrogen and oxygen atoms in total. The van der Waals surface area contributed by atoms with Gasteiger partial charge in [0.2, 0.25) is 53.2 Å². The number of carbonyl (C=O) groups excluding carboxylic acids is 10. The van der Waals surface area contributed by atoms with Crippen molar-refractivity contribution in [2.45, 2.75) is 210 Å². The summed E-state index contributed by atoms with van der Waals surface area (Å²) in [6.45, 7) is 32.9. The Morgan fingerprint density at radius 1 is 0.530 bits per heavy atom. The van der Waals surface area contributed by atoms with Gasteiger partial charge in [0.1, 0.15) is 48.3 Å². The fraction of sp³-hybridized carbons (Fsp3) is 0.770. The van der Waals surface area contributed by atoms with Gasteiger partial charge in [-0.3, -0.25) is 48.5 Å². The van der Waals surface area contributed by atoms with Crippen molar-refractivity contribution in [1.29, 1.82) is 0 Å². The molecular weight excluding hydrogens is 1060 g/mol. The average Bonchev–Trinajstić information content (AvgIpc) is 3.39. The topological polar surface area (TPSA) is 262 Å². The van der Waals surface area contributed by atoms with Crippen molar-refractivity contribution in [2.75, 3.05) is 55.9 Å². The van der Waals surface area contributed by atoms with Gasteiger partial charge in [0.15, 0.2) is 0 Å². The second-order valence-electron chi connectivity index (χ2n) is 25.5. The molecule has 1 heterocycles. The van der Waals surface area contributed by atoms with Gasteiger partial charge in [-0.15, -0.1) is 0 Å². The first-order valence-electron chi connectivity index (χ1n) is 29.8. The average molecular weight is 1170 g/mol. The fourth-order valence-electron chi connectivity index (χ4n) is 10.4. The summed E-state index contributed by atoms with van der Waals surface area (Å²) in [7, 11) is 10.3. The third kappa shape index (κ3) is 21.2. The quantitative estimate of drug-likeness (QED) is 0.143. The van der Waals surface area contributed by atoms with Gasteiger partial charge < -0.3 is 55.4 Å². The summed E-state index contributed by atoms with van der Waals surface area (Å²) in [5, 5.41) is 22.8. The number of likely N-dealkylation sites (N-methyl/N-ethyl adjacent to an activating group) is 7. The number of imide groups is 1. The van der Waals surface area contributed by atoms with E-state index in [0.717, 1.165) is 9.80 Å². The van der Waals surface area contributed by atoms with E-state index in [9.17, 15) is 48.3 Å². The molecule has 0 saturated carbocycles. The highest BCUT2D eigenvalue weighted by molar-refractivity contribution is 6.01. The van der Waals surface area contributed by atoms with E-state index in [-0.39, 0.29) is 49.4 Å². The Morgan fingerprint density at radius 3 is 1.47 bits per heavy atom. The molecule has 0 aromatic rings. The van der Waals surface area contributed by atoms with E-state index in [1.165, 1.54) is 61.8 Å². The van der Waals surface area contributed by atoms with E-state index in [2.05, 4.69) is 27.8 Å². The van der Waals surface area contributed by atoms with Crippen molar-refractivity contribution >= 4 is 59.2 Å². The molecule has 1 fully saturated rings. The highest BCUT2D eigenvalue weighted by atomic mass is 16.3. The maximum absolute atomic E-state index is 15.2. The molecule has 11 amide bonds. The largest absolute Gasteiger partial charge is 0.390 e. The molecule has 10 unspecified atom stereocenters. The molecule has 0 aliphatic carbocycles. The van der Waals surface area contributed by atoms with Crippen molar-refractivity contribution in [2.24, 2.45) is 41.4 Å². The SMILES string of the molecule is C=C1C(CC(C)C)N(C)C(=O)C(CC(C)C)N(C)C(=O)NC(=O)C(C)NC(=O)C(CC(C)C)N(C)C(=O)C(C(C)C)NC(=O)C(CC(C)C)N(C)C(=O)CN(C)C(=O)C(CC)NC(=O)C([C@H](O)C(C)C/C=C/C)N(C)C(=O)C(C(C)C)N1C. The van der Waals surface area contributed by atoms with E-state index in [0.29, 0.717) is 18.5 Å². The number of amides is 11. The highest BCUT2D eigenvalue weighted by Gasteiger charge is 2.44. The number of hydrogen-bond acceptors (Lipinski definition) is 12. The van der Waals surface area contributed by atoms with E-state index < -0.39 is 144 Å². The minimum Gasteiger partial charge on any atom is -0.390 e. The van der Waals surface area contributed by atoms with Crippen molar-refractivity contribution in [1.82, 2.24) is 55.6 Å². The molecule has 0 aromatic heterocycles. The van der Waals surface area contributed by atoms with Gasteiger partial charge in [-0.2, -0.15) is 0 Å². The summed E-state index contributed by atoms with van der Waals surface area (Å²) < 4.78 is 0. The fourth-order valence-corrected chi connectivity index (χ4v) is 10.4. The molecule has 0 aromatic carbocycles. The Hall–Kier alpha value is -6.06. The van der Waals surface area contributed by atoms with Crippen molar-refractivity contribution in [3.63, 3.8) is 0 Å². The van der Waals surface area contributed by atoms with Gasteiger partial charge in [-0.05, 0) is 93.8 Å². The van der Waals surface area contributed by atoms with Gasteiger partial charge >= 0.3 is 6.03 Å². The van der Waals surface area contributed by atoms with E-state index in [1.54, 1.807) is 46.7 Å². The van der Waals surface area contributed by atoms with Crippen LogP contribution in [0.2, 0.25) is 0 Å². The smallest absolute Gasteiger partial charge is 0.324 e. The molecule has 1 saturated heterocycles. The molecule has 1 rings (SSSR count). The van der Waals surface area contributed by atoms with Crippen LogP contribution in [0.25, 0.3) is 0 Å². The van der Waals surface area contributed by atoms with Crippen molar-refractivity contribution < 1.29 is 53.1 Å². The van der Waals surface area contributed by atoms with Crippen LogP contribution >= 0.6 is 0 Å². The molecule has 83 heavy (non-hydrogen) atoms. The number of hydrogen-bond donors (Lipinski definition) is 5. The Labute approximate surface area is 497 Å². The van der Waals surface area contributed by atoms with E-state index in [1.807, 2.05) is 88.3 Å². The standard InChI is InChI=1S/C61H109N11O11/c1-25-27-28-40(15)52(74)51-56(78)63-43(26-2)57(79)66(18)33-48(73)68(20)45(30-35(5)6)55(77)64-49(38(11)12)59(81)70(22)46(31-36(7)8)54(76)62-41(16)53(75)65-61(83)71(23)47(32-37(9)10)58(80)69(21)44(29-34(3)4)42(17)67(19)50(39(13)14)60(82)72(51)24/h25,27,34-41,43-47,49-52,74H,17,26,28-33H2,1-16,18-24H3,(H,62,76)(H,63,78)(H,64,77)(H,65,75,83)/b27-25+/t40?,41?,43?,44?,45?,46?,47?,49?,50?,51?,52-/m1/s1. The number of rotatable bonds is 15. The number of urea groups is 1. The number of nitrogens with one attached hydrogen (secondary N) is 4. The van der Waals surface area contributed by atoms with Gasteiger partial charge in [0.25, 0.3) is 0 Å². The molecule has 5 N–H and O–H groups in total. The summed E-state index contributed by atoms with van der Waals surface area (Å²) >= 11 is 0. The molecule has 11 atom stereocenters. The second kappa shape index (κ2) is 34.0. The van der Waals surface area contributed by atoms with Crippen LogP contribution in [0.15, 0.2) is 24.4 Å². The van der Waals surface area contributed by atoms with Gasteiger partial charge in [-0.25, -0.2) is 4.79 Å². The molecule has 1 aliphatic rings. The number of aliphatic hydroxyl groups is 1. The van der Waals surface area contributed by atoms with Crippen molar-refractivity contribution in [3.8, 4) is 0 Å². The maximum Gasteiger partial charge on any atom is 0.324 e. The van der Waals surface area contributed by atoms with Crippen LogP contribution in [0.5, 0.6) is 0 Å². The van der Waals surface area contributed by atoms with Crippen LogP contribution in [-0.2, 0) is 43.2 Å². The molecule has 1 aliphatic heterocycles. The molecule has 474 valence electrons. The second-order valence-corrected chi connectivity index (χ2v) is 25.5. The zero-order valence-corrected chi connectivity index (χ0v) is 54.8. The third-order valence-electron chi connectivity index (χ3n) is 15.8. The van der Waals surface area contributed by atoms with E-state index in [4.69, 9.17) is 0 Å². The summed E-state index contributed by atoms with van der Waals surface area (Å²) in [6.07, 6.45) is 3.49. The summed E-state index contributed by atoms with van der Waals surface area (Å²) in [6, 6.07) is -11.3. The van der Waals surface area contributed by atoms with Crippen LogP contribution in [0.1, 0.15) is 149 Å². The first-order chi connectivity index (χ1) is 38.3. The number of aliphatic hydroxyl groups excluding tert-OH is 1. The van der Waals surface area contributed by atoms with Crippen molar-refractivity contribution in [3.05, 3.63) is 24.4 Å². The molecule has 0 spiro atoms. The monoisotopic (exact) mass is 1170 g/mol. The third-order valence-corrected chi connectivity index (χ3v) is 15.8.